The predicted octanol–water partition coefficient (Wildman–Crippen LogP) is 11.5. The van der Waals surface area contributed by atoms with Crippen LogP contribution in [0.5, 0.6) is 0 Å². The number of rotatable bonds is 6. The smallest absolute Gasteiger partial charge is 0.164 e. The quantitative estimate of drug-likeness (QED) is 0.176. The molecule has 0 amide bonds. The topological polar surface area (TPSA) is 75.3 Å². The van der Waals surface area contributed by atoms with Gasteiger partial charge in [0.1, 0.15) is 0 Å². The summed E-state index contributed by atoms with van der Waals surface area (Å²) in [6.45, 7) is 0. The number of nitriles is 1. The Balaban J connectivity index is 1.14. The largest absolute Gasteiger partial charge is 0.264 e. The summed E-state index contributed by atoms with van der Waals surface area (Å²) in [7, 11) is 0. The van der Waals surface area contributed by atoms with Crippen molar-refractivity contribution in [2.24, 2.45) is 0 Å². The van der Waals surface area contributed by atoms with Gasteiger partial charge >= 0.3 is 0 Å². The summed E-state index contributed by atoms with van der Waals surface area (Å²) < 4.78 is 2.34. The maximum atomic E-state index is 9.37. The van der Waals surface area contributed by atoms with Crippen LogP contribution in [0.15, 0.2) is 164 Å². The van der Waals surface area contributed by atoms with Crippen molar-refractivity contribution in [2.75, 3.05) is 0 Å². The molecule has 0 N–H and O–H groups in total. The van der Waals surface area contributed by atoms with Crippen molar-refractivity contribution in [1.29, 1.82) is 5.26 Å². The summed E-state index contributed by atoms with van der Waals surface area (Å²) in [4.78, 5) is 19.3. The standard InChI is InChI=1S/C45H27N5S/c46-27-29-13-19-39-40-20-18-34(26-42(40)51-41(39)22-29)30-14-16-31(17-15-30)36-23-37(35-12-7-21-47-28-35)25-38(24-36)45-49-43(32-8-3-1-4-9-32)48-44(50-45)33-10-5-2-6-11-33/h1-26,28H. The summed E-state index contributed by atoms with van der Waals surface area (Å²) in [6, 6.07) is 54.1. The zero-order valence-corrected chi connectivity index (χ0v) is 28.0. The van der Waals surface area contributed by atoms with Crippen LogP contribution < -0.4 is 0 Å². The van der Waals surface area contributed by atoms with Crippen molar-refractivity contribution in [3.05, 3.63) is 170 Å². The van der Waals surface area contributed by atoms with Gasteiger partial charge in [-0.05, 0) is 70.3 Å². The third-order valence-electron chi connectivity index (χ3n) is 9.04. The normalized spacial score (nSPS) is 11.1. The van der Waals surface area contributed by atoms with E-state index >= 15 is 0 Å². The van der Waals surface area contributed by atoms with Gasteiger partial charge in [-0.25, -0.2) is 15.0 Å². The van der Waals surface area contributed by atoms with Crippen molar-refractivity contribution in [1.82, 2.24) is 19.9 Å². The van der Waals surface area contributed by atoms with Crippen molar-refractivity contribution in [2.45, 2.75) is 0 Å². The first-order valence-corrected chi connectivity index (χ1v) is 17.4. The summed E-state index contributed by atoms with van der Waals surface area (Å²) >= 11 is 1.73. The van der Waals surface area contributed by atoms with Gasteiger partial charge in [-0.15, -0.1) is 11.3 Å². The first-order chi connectivity index (χ1) is 25.2. The number of pyridine rings is 1. The Labute approximate surface area is 298 Å². The van der Waals surface area contributed by atoms with Gasteiger partial charge in [0.05, 0.1) is 11.6 Å². The molecule has 0 unspecified atom stereocenters. The fourth-order valence-corrected chi connectivity index (χ4v) is 7.63. The van der Waals surface area contributed by atoms with E-state index in [1.54, 1.807) is 17.5 Å². The van der Waals surface area contributed by atoms with Gasteiger partial charge in [0.15, 0.2) is 17.5 Å². The Kier molecular flexibility index (Phi) is 7.66. The molecule has 0 aliphatic rings. The lowest BCUT2D eigenvalue weighted by atomic mass is 9.95. The Hall–Kier alpha value is -6.81. The molecule has 6 heteroatoms. The van der Waals surface area contributed by atoms with Crippen LogP contribution in [0.25, 0.3) is 87.7 Å². The van der Waals surface area contributed by atoms with E-state index in [-0.39, 0.29) is 0 Å². The summed E-state index contributed by atoms with van der Waals surface area (Å²) in [5.41, 5.74) is 9.89. The Bertz CT molecular complexity index is 2680. The molecule has 0 aliphatic carbocycles. The molecule has 0 fully saturated rings. The van der Waals surface area contributed by atoms with Gasteiger partial charge < -0.3 is 0 Å². The highest BCUT2D eigenvalue weighted by Crippen LogP contribution is 2.38. The van der Waals surface area contributed by atoms with Crippen LogP contribution >= 0.6 is 11.3 Å². The van der Waals surface area contributed by atoms with Crippen molar-refractivity contribution < 1.29 is 0 Å². The molecular formula is C45H27N5S. The van der Waals surface area contributed by atoms with Crippen molar-refractivity contribution >= 4 is 31.5 Å². The second-order valence-electron chi connectivity index (χ2n) is 12.3. The third kappa shape index (κ3) is 5.93. The Morgan fingerprint density at radius 2 is 0.922 bits per heavy atom. The molecule has 0 bridgehead atoms. The Morgan fingerprint density at radius 1 is 0.412 bits per heavy atom. The van der Waals surface area contributed by atoms with E-state index in [4.69, 9.17) is 15.0 Å². The maximum absolute atomic E-state index is 9.37. The molecule has 238 valence electrons. The first kappa shape index (κ1) is 30.3. The number of thiophene rings is 1. The molecule has 3 aromatic heterocycles. The van der Waals surface area contributed by atoms with E-state index in [9.17, 15) is 5.26 Å². The SMILES string of the molecule is N#Cc1ccc2c(c1)sc1cc(-c3ccc(-c4cc(-c5cccnc5)cc(-c5nc(-c6ccccc6)nc(-c6ccccc6)n5)c4)cc3)ccc12. The lowest BCUT2D eigenvalue weighted by Gasteiger charge is -2.13. The zero-order chi connectivity index (χ0) is 34.1. The minimum atomic E-state index is 0.602. The molecule has 5 nitrogen and oxygen atoms in total. The lowest BCUT2D eigenvalue weighted by Crippen LogP contribution is -2.00. The molecule has 9 rings (SSSR count). The van der Waals surface area contributed by atoms with Gasteiger partial charge in [-0.3, -0.25) is 4.98 Å². The molecule has 0 radical (unpaired) electrons. The van der Waals surface area contributed by atoms with Gasteiger partial charge in [-0.1, -0.05) is 109 Å². The zero-order valence-electron chi connectivity index (χ0n) is 27.2. The molecule has 0 spiro atoms. The van der Waals surface area contributed by atoms with E-state index in [1.807, 2.05) is 85.1 Å². The van der Waals surface area contributed by atoms with E-state index in [2.05, 4.69) is 83.8 Å². The maximum Gasteiger partial charge on any atom is 0.164 e. The van der Waals surface area contributed by atoms with Crippen LogP contribution in [0.1, 0.15) is 5.56 Å². The highest BCUT2D eigenvalue weighted by Gasteiger charge is 2.15. The average molecular weight is 670 g/mol. The molecular weight excluding hydrogens is 643 g/mol. The molecule has 6 aromatic carbocycles. The van der Waals surface area contributed by atoms with Gasteiger partial charge in [0.25, 0.3) is 0 Å². The molecule has 9 aromatic rings. The number of fused-ring (bicyclic) bond motifs is 3. The second kappa shape index (κ2) is 12.9. The van der Waals surface area contributed by atoms with Gasteiger partial charge in [0, 0.05) is 54.8 Å². The summed E-state index contributed by atoms with van der Waals surface area (Å²) in [5, 5.41) is 11.8. The predicted molar refractivity (Wildman–Crippen MR) is 208 cm³/mol. The lowest BCUT2D eigenvalue weighted by molar-refractivity contribution is 1.07. The molecule has 0 aliphatic heterocycles. The minimum Gasteiger partial charge on any atom is -0.264 e. The van der Waals surface area contributed by atoms with Gasteiger partial charge in [-0.2, -0.15) is 5.26 Å². The van der Waals surface area contributed by atoms with Crippen LogP contribution in [0.3, 0.4) is 0 Å². The van der Waals surface area contributed by atoms with Gasteiger partial charge in [0.2, 0.25) is 0 Å². The Morgan fingerprint density at radius 3 is 1.53 bits per heavy atom. The highest BCUT2D eigenvalue weighted by atomic mass is 32.1. The average Bonchev–Trinajstić information content (AvgIpc) is 3.58. The number of hydrogen-bond acceptors (Lipinski definition) is 6. The monoisotopic (exact) mass is 669 g/mol. The molecule has 0 saturated carbocycles. The van der Waals surface area contributed by atoms with Crippen LogP contribution in [-0.2, 0) is 0 Å². The van der Waals surface area contributed by atoms with E-state index in [1.165, 1.54) is 15.5 Å². The molecule has 51 heavy (non-hydrogen) atoms. The molecule has 0 saturated heterocycles. The van der Waals surface area contributed by atoms with Crippen LogP contribution in [0.4, 0.5) is 0 Å². The highest BCUT2D eigenvalue weighted by molar-refractivity contribution is 7.25. The number of nitrogens with zero attached hydrogens (tertiary/aromatic N) is 5. The second-order valence-corrected chi connectivity index (χ2v) is 13.4. The fourth-order valence-electron chi connectivity index (χ4n) is 6.44. The van der Waals surface area contributed by atoms with Crippen molar-refractivity contribution in [3.8, 4) is 73.6 Å². The minimum absolute atomic E-state index is 0.602. The van der Waals surface area contributed by atoms with E-state index in [0.29, 0.717) is 23.0 Å². The van der Waals surface area contributed by atoms with E-state index in [0.717, 1.165) is 54.8 Å². The van der Waals surface area contributed by atoms with Crippen LogP contribution in [-0.4, -0.2) is 19.9 Å². The van der Waals surface area contributed by atoms with Crippen LogP contribution in [0, 0.1) is 11.3 Å². The summed E-state index contributed by atoms with van der Waals surface area (Å²) in [5.74, 6) is 1.85. The number of aromatic nitrogens is 4. The van der Waals surface area contributed by atoms with E-state index < -0.39 is 0 Å². The van der Waals surface area contributed by atoms with Crippen LogP contribution in [0.2, 0.25) is 0 Å². The van der Waals surface area contributed by atoms with Crippen molar-refractivity contribution in [3.63, 3.8) is 0 Å². The third-order valence-corrected chi connectivity index (χ3v) is 10.2. The number of benzene rings is 6. The fraction of sp³-hybridized carbons (Fsp3) is 0. The molecule has 0 atom stereocenters. The number of hydrogen-bond donors (Lipinski definition) is 0. The summed E-state index contributed by atoms with van der Waals surface area (Å²) in [6.07, 6.45) is 3.67. The first-order valence-electron chi connectivity index (χ1n) is 16.6. The molecule has 3 heterocycles.